The lowest BCUT2D eigenvalue weighted by Gasteiger charge is -2.21. The number of fused-ring (bicyclic) bond motifs is 3. The Morgan fingerprint density at radius 1 is 1.33 bits per heavy atom. The number of allylic oxidation sites excluding steroid dienone is 1. The van der Waals surface area contributed by atoms with Gasteiger partial charge in [0.1, 0.15) is 0 Å². The molecule has 84 valence electrons. The van der Waals surface area contributed by atoms with Crippen LogP contribution in [0.3, 0.4) is 0 Å². The highest BCUT2D eigenvalue weighted by molar-refractivity contribution is 8.03. The summed E-state index contributed by atoms with van der Waals surface area (Å²) < 4.78 is 38.3. The molecule has 2 fully saturated rings. The van der Waals surface area contributed by atoms with Crippen LogP contribution in [-0.2, 0) is 0 Å². The Labute approximate surface area is 90.5 Å². The summed E-state index contributed by atoms with van der Waals surface area (Å²) in [5.74, 6) is 0.450. The summed E-state index contributed by atoms with van der Waals surface area (Å²) in [6.45, 7) is 1.67. The lowest BCUT2D eigenvalue weighted by atomic mass is 9.87. The Morgan fingerprint density at radius 3 is 2.87 bits per heavy atom. The van der Waals surface area contributed by atoms with Crippen molar-refractivity contribution in [2.45, 2.75) is 17.8 Å². The van der Waals surface area contributed by atoms with Crippen LogP contribution in [0.2, 0.25) is 0 Å². The molecule has 3 aliphatic rings. The Kier molecular flexibility index (Phi) is 2.12. The Morgan fingerprint density at radius 2 is 2.13 bits per heavy atom. The van der Waals surface area contributed by atoms with Crippen LogP contribution in [0.5, 0.6) is 0 Å². The molecule has 0 radical (unpaired) electrons. The fourth-order valence-corrected chi connectivity index (χ4v) is 4.71. The molecule has 1 saturated heterocycles. The van der Waals surface area contributed by atoms with Crippen LogP contribution in [0.15, 0.2) is 11.0 Å². The molecule has 0 spiro atoms. The summed E-state index contributed by atoms with van der Waals surface area (Å²) in [5, 5.41) is 4.75. The second kappa shape index (κ2) is 3.17. The zero-order chi connectivity index (χ0) is 10.6. The van der Waals surface area contributed by atoms with Crippen molar-refractivity contribution in [3.63, 3.8) is 0 Å². The maximum absolute atomic E-state index is 12.8. The lowest BCUT2D eigenvalue weighted by Crippen LogP contribution is -2.27. The molecular weight excluding hydrogens is 223 g/mol. The molecule has 4 atom stereocenters. The standard InChI is InChI=1S/C10H12F3NS/c11-10(12,13)7-4-15-8-1-5-2-14-3-6(5)9(7)8/h4-6,8-9,14H,1-3H2. The molecule has 1 saturated carbocycles. The summed E-state index contributed by atoms with van der Waals surface area (Å²) in [4.78, 5) is 0. The predicted octanol–water partition coefficient (Wildman–Crippen LogP) is 2.40. The quantitative estimate of drug-likeness (QED) is 0.692. The maximum atomic E-state index is 12.8. The molecule has 15 heavy (non-hydrogen) atoms. The Balaban J connectivity index is 1.89. The third-order valence-corrected chi connectivity index (χ3v) is 5.07. The van der Waals surface area contributed by atoms with Gasteiger partial charge < -0.3 is 5.32 Å². The first-order valence-electron chi connectivity index (χ1n) is 5.21. The van der Waals surface area contributed by atoms with Crippen molar-refractivity contribution < 1.29 is 13.2 Å². The SMILES string of the molecule is FC(F)(F)C1=CSC2CC3CNCC3C12. The van der Waals surface area contributed by atoms with Gasteiger partial charge >= 0.3 is 6.18 Å². The van der Waals surface area contributed by atoms with E-state index in [0.29, 0.717) is 5.92 Å². The van der Waals surface area contributed by atoms with Gasteiger partial charge in [-0.25, -0.2) is 0 Å². The van der Waals surface area contributed by atoms with Gasteiger partial charge in [0.15, 0.2) is 0 Å². The van der Waals surface area contributed by atoms with Crippen molar-refractivity contribution in [2.24, 2.45) is 17.8 Å². The van der Waals surface area contributed by atoms with E-state index >= 15 is 0 Å². The highest BCUT2D eigenvalue weighted by Gasteiger charge is 2.55. The van der Waals surface area contributed by atoms with Crippen molar-refractivity contribution in [1.29, 1.82) is 0 Å². The van der Waals surface area contributed by atoms with E-state index < -0.39 is 6.18 Å². The molecule has 4 unspecified atom stereocenters. The molecule has 3 rings (SSSR count). The fraction of sp³-hybridized carbons (Fsp3) is 0.800. The van der Waals surface area contributed by atoms with E-state index in [0.717, 1.165) is 19.5 Å². The molecule has 1 aliphatic carbocycles. The van der Waals surface area contributed by atoms with Gasteiger partial charge in [-0.2, -0.15) is 13.2 Å². The molecule has 0 amide bonds. The maximum Gasteiger partial charge on any atom is 0.413 e. The minimum atomic E-state index is -4.12. The van der Waals surface area contributed by atoms with Crippen LogP contribution >= 0.6 is 11.8 Å². The van der Waals surface area contributed by atoms with Gasteiger partial charge in [-0.05, 0) is 36.8 Å². The van der Waals surface area contributed by atoms with E-state index in [1.807, 2.05) is 0 Å². The van der Waals surface area contributed by atoms with E-state index in [1.165, 1.54) is 17.2 Å². The molecule has 1 N–H and O–H groups in total. The number of halogens is 3. The van der Waals surface area contributed by atoms with Crippen LogP contribution in [0.4, 0.5) is 13.2 Å². The second-order valence-electron chi connectivity index (χ2n) is 4.59. The average molecular weight is 235 g/mol. The van der Waals surface area contributed by atoms with Gasteiger partial charge in [0.25, 0.3) is 0 Å². The fourth-order valence-electron chi connectivity index (χ4n) is 3.22. The van der Waals surface area contributed by atoms with Crippen molar-refractivity contribution in [3.05, 3.63) is 11.0 Å². The molecule has 0 aromatic rings. The van der Waals surface area contributed by atoms with Crippen LogP contribution in [0.25, 0.3) is 0 Å². The topological polar surface area (TPSA) is 12.0 Å². The largest absolute Gasteiger partial charge is 0.413 e. The summed E-state index contributed by atoms with van der Waals surface area (Å²) in [6.07, 6.45) is -3.17. The molecule has 0 bridgehead atoms. The molecule has 2 aliphatic heterocycles. The van der Waals surface area contributed by atoms with Gasteiger partial charge in [-0.1, -0.05) is 0 Å². The summed E-state index contributed by atoms with van der Waals surface area (Å²) in [7, 11) is 0. The minimum absolute atomic E-state index is 0.193. The van der Waals surface area contributed by atoms with Gasteiger partial charge in [0.05, 0.1) is 0 Å². The van der Waals surface area contributed by atoms with Crippen LogP contribution in [-0.4, -0.2) is 24.5 Å². The van der Waals surface area contributed by atoms with Crippen molar-refractivity contribution in [2.75, 3.05) is 13.1 Å². The minimum Gasteiger partial charge on any atom is -0.316 e. The number of thioether (sulfide) groups is 1. The van der Waals surface area contributed by atoms with E-state index in [-0.39, 0.29) is 22.7 Å². The molecule has 2 heterocycles. The van der Waals surface area contributed by atoms with Crippen LogP contribution < -0.4 is 5.32 Å². The van der Waals surface area contributed by atoms with Gasteiger partial charge in [0.2, 0.25) is 0 Å². The smallest absolute Gasteiger partial charge is 0.316 e. The first-order valence-corrected chi connectivity index (χ1v) is 6.15. The summed E-state index contributed by atoms with van der Waals surface area (Å²) in [6, 6.07) is 0. The number of alkyl halides is 3. The van der Waals surface area contributed by atoms with Crippen molar-refractivity contribution in [3.8, 4) is 0 Å². The first-order chi connectivity index (χ1) is 7.07. The number of rotatable bonds is 0. The highest BCUT2D eigenvalue weighted by atomic mass is 32.2. The highest BCUT2D eigenvalue weighted by Crippen LogP contribution is 2.56. The van der Waals surface area contributed by atoms with Gasteiger partial charge in [0, 0.05) is 16.7 Å². The second-order valence-corrected chi connectivity index (χ2v) is 5.70. The summed E-state index contributed by atoms with van der Waals surface area (Å²) in [5.41, 5.74) is -0.270. The average Bonchev–Trinajstić information content (AvgIpc) is 2.68. The zero-order valence-electron chi connectivity index (χ0n) is 8.05. The van der Waals surface area contributed by atoms with Gasteiger partial charge in [-0.3, -0.25) is 0 Å². The third kappa shape index (κ3) is 1.43. The number of nitrogens with one attached hydrogen (secondary N) is 1. The summed E-state index contributed by atoms with van der Waals surface area (Å²) >= 11 is 1.39. The molecule has 1 nitrogen and oxygen atoms in total. The van der Waals surface area contributed by atoms with E-state index in [2.05, 4.69) is 5.32 Å². The lowest BCUT2D eigenvalue weighted by molar-refractivity contribution is -0.0996. The normalized spacial score (nSPS) is 44.1. The first kappa shape index (κ1) is 10.0. The van der Waals surface area contributed by atoms with Crippen molar-refractivity contribution in [1.82, 2.24) is 5.32 Å². The van der Waals surface area contributed by atoms with Crippen molar-refractivity contribution >= 4 is 11.8 Å². The van der Waals surface area contributed by atoms with E-state index in [9.17, 15) is 13.2 Å². The molecular formula is C10H12F3NS. The molecule has 0 aromatic carbocycles. The number of hydrogen-bond donors (Lipinski definition) is 1. The van der Waals surface area contributed by atoms with Gasteiger partial charge in [-0.15, -0.1) is 11.8 Å². The number of hydrogen-bond acceptors (Lipinski definition) is 2. The Hall–Kier alpha value is -0.160. The third-order valence-electron chi connectivity index (χ3n) is 3.85. The zero-order valence-corrected chi connectivity index (χ0v) is 8.87. The van der Waals surface area contributed by atoms with E-state index in [4.69, 9.17) is 0 Å². The molecule has 5 heteroatoms. The van der Waals surface area contributed by atoms with Crippen LogP contribution in [0, 0.1) is 17.8 Å². The molecule has 0 aromatic heterocycles. The predicted molar refractivity (Wildman–Crippen MR) is 53.5 cm³/mol. The Bertz CT molecular complexity index is 312. The monoisotopic (exact) mass is 235 g/mol. The van der Waals surface area contributed by atoms with E-state index in [1.54, 1.807) is 0 Å². The van der Waals surface area contributed by atoms with Crippen LogP contribution in [0.1, 0.15) is 6.42 Å².